The Morgan fingerprint density at radius 1 is 1.56 bits per heavy atom. The van der Waals surface area contributed by atoms with E-state index in [2.05, 4.69) is 33.2 Å². The van der Waals surface area contributed by atoms with Crippen LogP contribution in [0.5, 0.6) is 0 Å². The molecule has 1 aromatic heterocycles. The lowest BCUT2D eigenvalue weighted by molar-refractivity contribution is 0.0130. The number of nitrogens with zero attached hydrogens (tertiary/aromatic N) is 1. The van der Waals surface area contributed by atoms with E-state index in [-0.39, 0.29) is 0 Å². The normalized spacial score (nSPS) is 25.6. The summed E-state index contributed by atoms with van der Waals surface area (Å²) in [5.41, 5.74) is 1.08. The summed E-state index contributed by atoms with van der Waals surface area (Å²) in [7, 11) is 0. The Balaban J connectivity index is 1.82. The first-order chi connectivity index (χ1) is 7.74. The Labute approximate surface area is 105 Å². The molecule has 3 nitrogen and oxygen atoms in total. The van der Waals surface area contributed by atoms with E-state index in [9.17, 15) is 0 Å². The molecule has 1 aliphatic heterocycles. The fourth-order valence-corrected chi connectivity index (χ4v) is 2.36. The standard InChI is InChI=1S/C12H17BrN2O/c1-9-7-10(5-6-16-9)14-8-11-3-2-4-12(13)15-11/h2-4,9-10,14H,5-8H2,1H3. The van der Waals surface area contributed by atoms with Gasteiger partial charge in [-0.1, -0.05) is 6.07 Å². The summed E-state index contributed by atoms with van der Waals surface area (Å²) in [5, 5.41) is 3.53. The van der Waals surface area contributed by atoms with E-state index in [0.29, 0.717) is 12.1 Å². The van der Waals surface area contributed by atoms with E-state index in [1.165, 1.54) is 0 Å². The Kier molecular flexibility index (Phi) is 4.32. The van der Waals surface area contributed by atoms with E-state index < -0.39 is 0 Å². The molecular formula is C12H17BrN2O. The molecule has 0 aromatic carbocycles. The van der Waals surface area contributed by atoms with Gasteiger partial charge >= 0.3 is 0 Å². The van der Waals surface area contributed by atoms with Crippen molar-refractivity contribution in [3.8, 4) is 0 Å². The van der Waals surface area contributed by atoms with Crippen LogP contribution in [-0.2, 0) is 11.3 Å². The molecule has 4 heteroatoms. The topological polar surface area (TPSA) is 34.2 Å². The molecule has 0 amide bonds. The number of pyridine rings is 1. The van der Waals surface area contributed by atoms with Crippen molar-refractivity contribution in [1.82, 2.24) is 10.3 Å². The van der Waals surface area contributed by atoms with Crippen LogP contribution in [0.1, 0.15) is 25.5 Å². The van der Waals surface area contributed by atoms with Gasteiger partial charge < -0.3 is 10.1 Å². The summed E-state index contributed by atoms with van der Waals surface area (Å²) >= 11 is 3.38. The molecular weight excluding hydrogens is 268 g/mol. The lowest BCUT2D eigenvalue weighted by atomic mass is 10.0. The van der Waals surface area contributed by atoms with Crippen LogP contribution in [0.25, 0.3) is 0 Å². The summed E-state index contributed by atoms with van der Waals surface area (Å²) in [4.78, 5) is 4.40. The van der Waals surface area contributed by atoms with Crippen molar-refractivity contribution >= 4 is 15.9 Å². The third-order valence-electron chi connectivity index (χ3n) is 2.83. The summed E-state index contributed by atoms with van der Waals surface area (Å²) in [6, 6.07) is 6.56. The van der Waals surface area contributed by atoms with Crippen LogP contribution in [0.3, 0.4) is 0 Å². The van der Waals surface area contributed by atoms with Gasteiger partial charge in [-0.05, 0) is 47.8 Å². The number of aromatic nitrogens is 1. The van der Waals surface area contributed by atoms with Gasteiger partial charge in [-0.15, -0.1) is 0 Å². The Hall–Kier alpha value is -0.450. The molecule has 2 rings (SSSR count). The molecule has 0 bridgehead atoms. The van der Waals surface area contributed by atoms with E-state index >= 15 is 0 Å². The summed E-state index contributed by atoms with van der Waals surface area (Å²) in [5.74, 6) is 0. The van der Waals surface area contributed by atoms with Crippen LogP contribution in [0.2, 0.25) is 0 Å². The summed E-state index contributed by atoms with van der Waals surface area (Å²) in [6.45, 7) is 3.83. The molecule has 1 saturated heterocycles. The number of ether oxygens (including phenoxy) is 1. The third-order valence-corrected chi connectivity index (χ3v) is 3.27. The Bertz CT molecular complexity index is 346. The molecule has 88 valence electrons. The molecule has 1 fully saturated rings. The van der Waals surface area contributed by atoms with Crippen LogP contribution >= 0.6 is 15.9 Å². The van der Waals surface area contributed by atoms with Gasteiger partial charge in [0.25, 0.3) is 0 Å². The van der Waals surface area contributed by atoms with Crippen molar-refractivity contribution in [1.29, 1.82) is 0 Å². The van der Waals surface area contributed by atoms with Gasteiger partial charge in [0.1, 0.15) is 4.60 Å². The first-order valence-corrected chi connectivity index (χ1v) is 6.50. The number of nitrogens with one attached hydrogen (secondary N) is 1. The SMILES string of the molecule is CC1CC(NCc2cccc(Br)n2)CCO1. The average molecular weight is 285 g/mol. The van der Waals surface area contributed by atoms with Gasteiger partial charge in [0.05, 0.1) is 11.8 Å². The van der Waals surface area contributed by atoms with Gasteiger partial charge in [-0.2, -0.15) is 0 Å². The predicted octanol–water partition coefficient (Wildman–Crippen LogP) is 2.50. The number of hydrogen-bond donors (Lipinski definition) is 1. The zero-order valence-electron chi connectivity index (χ0n) is 9.45. The number of halogens is 1. The molecule has 1 aromatic rings. The lowest BCUT2D eigenvalue weighted by Gasteiger charge is -2.27. The van der Waals surface area contributed by atoms with Crippen LogP contribution in [0.4, 0.5) is 0 Å². The summed E-state index contributed by atoms with van der Waals surface area (Å²) < 4.78 is 6.41. The fraction of sp³-hybridized carbons (Fsp3) is 0.583. The minimum Gasteiger partial charge on any atom is -0.378 e. The zero-order valence-corrected chi connectivity index (χ0v) is 11.0. The molecule has 0 spiro atoms. The largest absolute Gasteiger partial charge is 0.378 e. The molecule has 1 N–H and O–H groups in total. The smallest absolute Gasteiger partial charge is 0.106 e. The van der Waals surface area contributed by atoms with Crippen LogP contribution in [-0.4, -0.2) is 23.7 Å². The first-order valence-electron chi connectivity index (χ1n) is 5.70. The highest BCUT2D eigenvalue weighted by molar-refractivity contribution is 9.10. The summed E-state index contributed by atoms with van der Waals surface area (Å²) in [6.07, 6.45) is 2.56. The first kappa shape index (κ1) is 12.0. The molecule has 2 heterocycles. The molecule has 2 unspecified atom stereocenters. The zero-order chi connectivity index (χ0) is 11.4. The quantitative estimate of drug-likeness (QED) is 0.866. The third kappa shape index (κ3) is 3.54. The maximum atomic E-state index is 5.52. The van der Waals surface area contributed by atoms with Crippen LogP contribution in [0.15, 0.2) is 22.8 Å². The Morgan fingerprint density at radius 3 is 3.19 bits per heavy atom. The minimum atomic E-state index is 0.377. The van der Waals surface area contributed by atoms with Crippen molar-refractivity contribution in [2.45, 2.75) is 38.5 Å². The fourth-order valence-electron chi connectivity index (χ4n) is 1.98. The number of hydrogen-bond acceptors (Lipinski definition) is 3. The average Bonchev–Trinajstić information content (AvgIpc) is 2.27. The van der Waals surface area contributed by atoms with Gasteiger partial charge in [-0.25, -0.2) is 4.98 Å². The molecule has 16 heavy (non-hydrogen) atoms. The predicted molar refractivity (Wildman–Crippen MR) is 67.2 cm³/mol. The van der Waals surface area contributed by atoms with Crippen molar-refractivity contribution in [2.24, 2.45) is 0 Å². The van der Waals surface area contributed by atoms with E-state index in [0.717, 1.165) is 36.3 Å². The highest BCUT2D eigenvalue weighted by atomic mass is 79.9. The van der Waals surface area contributed by atoms with E-state index in [1.54, 1.807) is 0 Å². The highest BCUT2D eigenvalue weighted by Crippen LogP contribution is 2.14. The van der Waals surface area contributed by atoms with Crippen molar-refractivity contribution in [2.75, 3.05) is 6.61 Å². The Morgan fingerprint density at radius 2 is 2.44 bits per heavy atom. The second kappa shape index (κ2) is 5.75. The second-order valence-electron chi connectivity index (χ2n) is 4.24. The van der Waals surface area contributed by atoms with Gasteiger partial charge in [0.15, 0.2) is 0 Å². The van der Waals surface area contributed by atoms with Crippen molar-refractivity contribution in [3.63, 3.8) is 0 Å². The maximum Gasteiger partial charge on any atom is 0.106 e. The lowest BCUT2D eigenvalue weighted by Crippen LogP contribution is -2.37. The van der Waals surface area contributed by atoms with Crippen molar-refractivity contribution in [3.05, 3.63) is 28.5 Å². The van der Waals surface area contributed by atoms with E-state index in [4.69, 9.17) is 4.74 Å². The minimum absolute atomic E-state index is 0.377. The second-order valence-corrected chi connectivity index (χ2v) is 5.05. The molecule has 0 radical (unpaired) electrons. The van der Waals surface area contributed by atoms with Gasteiger partial charge in [0.2, 0.25) is 0 Å². The van der Waals surface area contributed by atoms with Crippen molar-refractivity contribution < 1.29 is 4.74 Å². The van der Waals surface area contributed by atoms with Crippen LogP contribution in [0, 0.1) is 0 Å². The monoisotopic (exact) mass is 284 g/mol. The number of rotatable bonds is 3. The molecule has 1 aliphatic rings. The molecule has 0 saturated carbocycles. The highest BCUT2D eigenvalue weighted by Gasteiger charge is 2.18. The van der Waals surface area contributed by atoms with Gasteiger partial charge in [0, 0.05) is 19.2 Å². The van der Waals surface area contributed by atoms with E-state index in [1.807, 2.05) is 18.2 Å². The maximum absolute atomic E-state index is 5.52. The molecule has 0 aliphatic carbocycles. The van der Waals surface area contributed by atoms with Gasteiger partial charge in [-0.3, -0.25) is 0 Å². The van der Waals surface area contributed by atoms with Crippen LogP contribution < -0.4 is 5.32 Å². The molecule has 2 atom stereocenters.